The Labute approximate surface area is 131 Å². The van der Waals surface area contributed by atoms with Crippen LogP contribution in [0.15, 0.2) is 15.7 Å². The predicted octanol–water partition coefficient (Wildman–Crippen LogP) is 1.14. The van der Waals surface area contributed by atoms with E-state index >= 15 is 0 Å². The van der Waals surface area contributed by atoms with E-state index in [-0.39, 0.29) is 0 Å². The lowest BCUT2D eigenvalue weighted by atomic mass is 10.3. The molecule has 0 unspecified atom stereocenters. The number of hydrogen-bond acceptors (Lipinski definition) is 6. The molecule has 0 saturated heterocycles. The number of rotatable bonds is 11. The maximum absolute atomic E-state index is 12.7. The maximum atomic E-state index is 12.7. The van der Waals surface area contributed by atoms with Crippen LogP contribution in [0.4, 0.5) is 0 Å². The summed E-state index contributed by atoms with van der Waals surface area (Å²) in [5.41, 5.74) is 0.977. The first kappa shape index (κ1) is 18.5. The standard InChI is InChI=1S/C13H24N2O4S2/c1-14-10-12-9-13(20-11-12)21(16,17)15(6-8-19-3)5-4-7-18-2/h9,11,14H,4-8,10H2,1-3H3. The molecule has 1 heterocycles. The van der Waals surface area contributed by atoms with Crippen LogP contribution in [0.3, 0.4) is 0 Å². The topological polar surface area (TPSA) is 67.9 Å². The number of methoxy groups -OCH3 is 2. The fourth-order valence-corrected chi connectivity index (χ4v) is 4.67. The highest BCUT2D eigenvalue weighted by molar-refractivity contribution is 7.91. The second-order valence-corrected chi connectivity index (χ2v) is 7.62. The normalized spacial score (nSPS) is 12.2. The molecule has 0 aliphatic rings. The Balaban J connectivity index is 2.84. The van der Waals surface area contributed by atoms with E-state index in [1.165, 1.54) is 15.6 Å². The molecule has 21 heavy (non-hydrogen) atoms. The molecule has 1 rings (SSSR count). The van der Waals surface area contributed by atoms with Gasteiger partial charge in [0.05, 0.1) is 6.61 Å². The average molecular weight is 336 g/mol. The van der Waals surface area contributed by atoms with E-state index in [1.807, 2.05) is 12.4 Å². The molecule has 0 fully saturated rings. The van der Waals surface area contributed by atoms with Gasteiger partial charge in [-0.2, -0.15) is 4.31 Å². The van der Waals surface area contributed by atoms with E-state index < -0.39 is 10.0 Å². The Morgan fingerprint density at radius 1 is 1.24 bits per heavy atom. The second-order valence-electron chi connectivity index (χ2n) is 4.55. The van der Waals surface area contributed by atoms with E-state index in [0.29, 0.717) is 43.5 Å². The van der Waals surface area contributed by atoms with Gasteiger partial charge in [-0.3, -0.25) is 0 Å². The molecule has 122 valence electrons. The lowest BCUT2D eigenvalue weighted by Gasteiger charge is -2.20. The fraction of sp³-hybridized carbons (Fsp3) is 0.692. The number of thiophene rings is 1. The Hall–Kier alpha value is -0.510. The highest BCUT2D eigenvalue weighted by Crippen LogP contribution is 2.24. The van der Waals surface area contributed by atoms with E-state index in [0.717, 1.165) is 5.56 Å². The monoisotopic (exact) mass is 336 g/mol. The van der Waals surface area contributed by atoms with Gasteiger partial charge in [0.25, 0.3) is 10.0 Å². The molecule has 0 aromatic carbocycles. The lowest BCUT2D eigenvalue weighted by Crippen LogP contribution is -2.34. The molecule has 1 N–H and O–H groups in total. The van der Waals surface area contributed by atoms with Gasteiger partial charge in [0, 0.05) is 40.5 Å². The van der Waals surface area contributed by atoms with Crippen molar-refractivity contribution in [2.24, 2.45) is 0 Å². The summed E-state index contributed by atoms with van der Waals surface area (Å²) in [4.78, 5) is 0. The molecule has 0 atom stereocenters. The summed E-state index contributed by atoms with van der Waals surface area (Å²) in [6, 6.07) is 1.73. The van der Waals surface area contributed by atoms with Gasteiger partial charge in [0.1, 0.15) is 4.21 Å². The molecule has 8 heteroatoms. The quantitative estimate of drug-likeness (QED) is 0.614. The zero-order valence-electron chi connectivity index (χ0n) is 12.8. The van der Waals surface area contributed by atoms with Crippen molar-refractivity contribution < 1.29 is 17.9 Å². The number of ether oxygens (including phenoxy) is 2. The summed E-state index contributed by atoms with van der Waals surface area (Å²) in [7, 11) is 1.55. The van der Waals surface area contributed by atoms with Gasteiger partial charge in [0.15, 0.2) is 0 Å². The van der Waals surface area contributed by atoms with Gasteiger partial charge >= 0.3 is 0 Å². The molecular formula is C13H24N2O4S2. The molecule has 0 saturated carbocycles. The van der Waals surface area contributed by atoms with Crippen molar-refractivity contribution in [3.05, 3.63) is 17.0 Å². The summed E-state index contributed by atoms with van der Waals surface area (Å²) in [6.07, 6.45) is 0.661. The summed E-state index contributed by atoms with van der Waals surface area (Å²) in [6.45, 7) is 2.35. The van der Waals surface area contributed by atoms with Crippen molar-refractivity contribution in [2.75, 3.05) is 47.6 Å². The minimum atomic E-state index is -3.46. The largest absolute Gasteiger partial charge is 0.385 e. The van der Waals surface area contributed by atoms with Crippen LogP contribution in [0, 0.1) is 0 Å². The van der Waals surface area contributed by atoms with Crippen molar-refractivity contribution >= 4 is 21.4 Å². The van der Waals surface area contributed by atoms with Crippen LogP contribution in [0.5, 0.6) is 0 Å². The fourth-order valence-electron chi connectivity index (χ4n) is 1.84. The van der Waals surface area contributed by atoms with Crippen LogP contribution >= 0.6 is 11.3 Å². The first-order valence-corrected chi connectivity index (χ1v) is 9.08. The first-order chi connectivity index (χ1) is 10.1. The number of nitrogens with one attached hydrogen (secondary N) is 1. The third-order valence-electron chi connectivity index (χ3n) is 2.91. The minimum absolute atomic E-state index is 0.349. The number of nitrogens with zero attached hydrogens (tertiary/aromatic N) is 1. The van der Waals surface area contributed by atoms with Crippen molar-refractivity contribution in [3.63, 3.8) is 0 Å². The molecule has 0 radical (unpaired) electrons. The Bertz CT molecular complexity index is 502. The van der Waals surface area contributed by atoms with E-state index in [2.05, 4.69) is 5.32 Å². The average Bonchev–Trinajstić information content (AvgIpc) is 2.92. The summed E-state index contributed by atoms with van der Waals surface area (Å²) in [5, 5.41) is 4.88. The van der Waals surface area contributed by atoms with Gasteiger partial charge in [-0.15, -0.1) is 11.3 Å². The Morgan fingerprint density at radius 2 is 1.95 bits per heavy atom. The third-order valence-corrected chi connectivity index (χ3v) is 6.27. The molecule has 0 aliphatic heterocycles. The van der Waals surface area contributed by atoms with Gasteiger partial charge in [-0.1, -0.05) is 0 Å². The van der Waals surface area contributed by atoms with E-state index in [9.17, 15) is 8.42 Å². The highest BCUT2D eigenvalue weighted by Gasteiger charge is 2.25. The number of hydrogen-bond donors (Lipinski definition) is 1. The van der Waals surface area contributed by atoms with Gasteiger partial charge in [0.2, 0.25) is 0 Å². The van der Waals surface area contributed by atoms with E-state index in [1.54, 1.807) is 20.3 Å². The van der Waals surface area contributed by atoms with Crippen molar-refractivity contribution in [2.45, 2.75) is 17.2 Å². The zero-order chi connectivity index (χ0) is 15.7. The van der Waals surface area contributed by atoms with Crippen LogP contribution < -0.4 is 5.32 Å². The molecular weight excluding hydrogens is 312 g/mol. The minimum Gasteiger partial charge on any atom is -0.385 e. The lowest BCUT2D eigenvalue weighted by molar-refractivity contribution is 0.164. The Morgan fingerprint density at radius 3 is 2.57 bits per heavy atom. The predicted molar refractivity (Wildman–Crippen MR) is 84.2 cm³/mol. The summed E-state index contributed by atoms with van der Waals surface area (Å²) < 4.78 is 37.2. The number of sulfonamides is 1. The maximum Gasteiger partial charge on any atom is 0.252 e. The van der Waals surface area contributed by atoms with Gasteiger partial charge < -0.3 is 14.8 Å². The molecule has 1 aromatic rings. The molecule has 1 aromatic heterocycles. The third kappa shape index (κ3) is 5.65. The van der Waals surface area contributed by atoms with Crippen molar-refractivity contribution in [1.82, 2.24) is 9.62 Å². The van der Waals surface area contributed by atoms with Gasteiger partial charge in [-0.25, -0.2) is 8.42 Å². The molecule has 0 aliphatic carbocycles. The van der Waals surface area contributed by atoms with Gasteiger partial charge in [-0.05, 0) is 30.5 Å². The van der Waals surface area contributed by atoms with Crippen LogP contribution in [0.1, 0.15) is 12.0 Å². The second kappa shape index (κ2) is 9.50. The van der Waals surface area contributed by atoms with E-state index in [4.69, 9.17) is 9.47 Å². The highest BCUT2D eigenvalue weighted by atomic mass is 32.2. The molecule has 0 amide bonds. The Kier molecular flexibility index (Phi) is 8.38. The van der Waals surface area contributed by atoms with Crippen molar-refractivity contribution in [1.29, 1.82) is 0 Å². The SMILES string of the molecule is CNCc1csc(S(=O)(=O)N(CCCOC)CCOC)c1. The van der Waals surface area contributed by atoms with Crippen molar-refractivity contribution in [3.8, 4) is 0 Å². The zero-order valence-corrected chi connectivity index (χ0v) is 14.4. The first-order valence-electron chi connectivity index (χ1n) is 6.76. The molecule has 6 nitrogen and oxygen atoms in total. The summed E-state index contributed by atoms with van der Waals surface area (Å²) >= 11 is 1.26. The molecule has 0 bridgehead atoms. The molecule has 0 spiro atoms. The van der Waals surface area contributed by atoms with Crippen LogP contribution in [-0.4, -0.2) is 60.3 Å². The van der Waals surface area contributed by atoms with Crippen LogP contribution in [0.25, 0.3) is 0 Å². The smallest absolute Gasteiger partial charge is 0.252 e. The van der Waals surface area contributed by atoms with Crippen LogP contribution in [0.2, 0.25) is 0 Å². The summed E-state index contributed by atoms with van der Waals surface area (Å²) in [5.74, 6) is 0. The van der Waals surface area contributed by atoms with Crippen LogP contribution in [-0.2, 0) is 26.0 Å².